The first kappa shape index (κ1) is 25.6. The Morgan fingerprint density at radius 3 is 1.23 bits per heavy atom. The smallest absolute Gasteiger partial charge is 0.419 e. The van der Waals surface area contributed by atoms with E-state index in [0.29, 0.717) is 12.1 Å². The number of ether oxygens (including phenoxy) is 3. The van der Waals surface area contributed by atoms with Crippen LogP contribution in [0.2, 0.25) is 0 Å². The fraction of sp³-hybridized carbons (Fsp3) is 0.150. The fourth-order valence-corrected chi connectivity index (χ4v) is 2.85. The van der Waals surface area contributed by atoms with Gasteiger partial charge in [-0.25, -0.2) is 14.4 Å². The monoisotopic (exact) mass is 514 g/mol. The number of benzene rings is 3. The predicted octanol–water partition coefficient (Wildman–Crippen LogP) is 5.40. The lowest BCUT2D eigenvalue weighted by molar-refractivity contribution is -0.189. The van der Waals surface area contributed by atoms with Gasteiger partial charge in [0.15, 0.2) is 5.75 Å². The van der Waals surface area contributed by atoms with Gasteiger partial charge in [0.2, 0.25) is 0 Å². The maximum Gasteiger partial charge on any atom is 0.491 e. The summed E-state index contributed by atoms with van der Waals surface area (Å²) in [5.41, 5.74) is 0. The Morgan fingerprint density at radius 1 is 0.543 bits per heavy atom. The van der Waals surface area contributed by atoms with Crippen molar-refractivity contribution in [2.75, 3.05) is 0 Å². The Balaban J connectivity index is 2.38. The number of esters is 3. The molecule has 0 aromatic heterocycles. The van der Waals surface area contributed by atoms with Crippen LogP contribution in [0.15, 0.2) is 42.5 Å². The van der Waals surface area contributed by atoms with Crippen LogP contribution < -0.4 is 14.2 Å². The highest BCUT2D eigenvalue weighted by molar-refractivity contribution is 6.12. The number of rotatable bonds is 3. The molecule has 3 rings (SSSR count). The number of fused-ring (bicyclic) bond motifs is 2. The van der Waals surface area contributed by atoms with Gasteiger partial charge in [0, 0.05) is 0 Å². The minimum atomic E-state index is -5.66. The molecule has 0 atom stereocenters. The second kappa shape index (κ2) is 8.63. The molecule has 0 aliphatic carbocycles. The molecule has 0 N–H and O–H groups in total. The Morgan fingerprint density at radius 2 is 0.886 bits per heavy atom. The molecule has 0 amide bonds. The van der Waals surface area contributed by atoms with E-state index in [2.05, 4.69) is 14.2 Å². The van der Waals surface area contributed by atoms with Crippen LogP contribution in [0.4, 0.5) is 39.5 Å². The van der Waals surface area contributed by atoms with Gasteiger partial charge in [-0.2, -0.15) is 39.5 Å². The van der Waals surface area contributed by atoms with Gasteiger partial charge in [-0.15, -0.1) is 0 Å². The van der Waals surface area contributed by atoms with Crippen molar-refractivity contribution in [3.05, 3.63) is 42.5 Å². The minimum Gasteiger partial charge on any atom is -0.419 e. The van der Waals surface area contributed by atoms with Crippen LogP contribution in [-0.4, -0.2) is 36.4 Å². The van der Waals surface area contributed by atoms with Crippen molar-refractivity contribution in [2.45, 2.75) is 18.5 Å². The SMILES string of the molecule is O=C(Oc1cccc2cc3cccc(OC(=O)C(F)(F)F)c3c(OC(=O)C(F)(F)F)c12)C(F)(F)F. The summed E-state index contributed by atoms with van der Waals surface area (Å²) in [6, 6.07) is 6.75. The third kappa shape index (κ3) is 5.38. The zero-order valence-corrected chi connectivity index (χ0v) is 16.4. The van der Waals surface area contributed by atoms with Gasteiger partial charge < -0.3 is 14.2 Å². The molecule has 186 valence electrons. The van der Waals surface area contributed by atoms with Gasteiger partial charge in [-0.1, -0.05) is 24.3 Å². The number of carbonyl (C=O) groups is 3. The molecule has 0 heterocycles. The molecule has 0 spiro atoms. The van der Waals surface area contributed by atoms with E-state index in [1.165, 1.54) is 0 Å². The molecule has 0 bridgehead atoms. The molecule has 0 unspecified atom stereocenters. The minimum absolute atomic E-state index is 0.241. The van der Waals surface area contributed by atoms with Gasteiger partial charge in [0.25, 0.3) is 0 Å². The first-order chi connectivity index (χ1) is 16.0. The van der Waals surface area contributed by atoms with E-state index >= 15 is 0 Å². The summed E-state index contributed by atoms with van der Waals surface area (Å²) >= 11 is 0. The van der Waals surface area contributed by atoms with Crippen molar-refractivity contribution >= 4 is 39.5 Å². The molecule has 6 nitrogen and oxygen atoms in total. The summed E-state index contributed by atoms with van der Waals surface area (Å²) in [6.07, 6.45) is -16.8. The molecule has 35 heavy (non-hydrogen) atoms. The molecule has 0 radical (unpaired) electrons. The highest BCUT2D eigenvalue weighted by Crippen LogP contribution is 2.45. The molecule has 3 aromatic rings. The van der Waals surface area contributed by atoms with Crippen molar-refractivity contribution in [1.29, 1.82) is 0 Å². The second-order valence-corrected chi connectivity index (χ2v) is 6.58. The van der Waals surface area contributed by atoms with E-state index < -0.39 is 64.5 Å². The van der Waals surface area contributed by atoms with Crippen LogP contribution in [0.1, 0.15) is 0 Å². The number of hydrogen-bond acceptors (Lipinski definition) is 6. The average molecular weight is 514 g/mol. The second-order valence-electron chi connectivity index (χ2n) is 6.58. The van der Waals surface area contributed by atoms with E-state index in [1.54, 1.807) is 0 Å². The number of carbonyl (C=O) groups excluding carboxylic acids is 3. The maximum atomic E-state index is 12.9. The Kier molecular flexibility index (Phi) is 6.31. The summed E-state index contributed by atoms with van der Waals surface area (Å²) < 4.78 is 128. The summed E-state index contributed by atoms with van der Waals surface area (Å²) in [5.74, 6) is -11.9. The highest BCUT2D eigenvalue weighted by Gasteiger charge is 2.44. The summed E-state index contributed by atoms with van der Waals surface area (Å²) in [7, 11) is 0. The van der Waals surface area contributed by atoms with E-state index in [4.69, 9.17) is 0 Å². The zero-order chi connectivity index (χ0) is 26.3. The summed E-state index contributed by atoms with van der Waals surface area (Å²) in [6.45, 7) is 0. The molecule has 15 heteroatoms. The van der Waals surface area contributed by atoms with Gasteiger partial charge in [-0.05, 0) is 29.0 Å². The predicted molar refractivity (Wildman–Crippen MR) is 96.5 cm³/mol. The van der Waals surface area contributed by atoms with E-state index in [-0.39, 0.29) is 10.8 Å². The van der Waals surface area contributed by atoms with E-state index in [9.17, 15) is 53.9 Å². The van der Waals surface area contributed by atoms with Gasteiger partial charge in [0.05, 0.1) is 10.8 Å². The van der Waals surface area contributed by atoms with Crippen LogP contribution in [-0.2, 0) is 14.4 Å². The first-order valence-corrected chi connectivity index (χ1v) is 8.85. The third-order valence-corrected chi connectivity index (χ3v) is 4.18. The average Bonchev–Trinajstić information content (AvgIpc) is 2.71. The molecule has 3 aromatic carbocycles. The third-order valence-electron chi connectivity index (χ3n) is 4.18. The van der Waals surface area contributed by atoms with Crippen molar-refractivity contribution in [2.24, 2.45) is 0 Å². The molecule has 0 fully saturated rings. The molecule has 0 aliphatic rings. The largest absolute Gasteiger partial charge is 0.491 e. The molecule has 0 aliphatic heterocycles. The summed E-state index contributed by atoms with van der Waals surface area (Å²) in [4.78, 5) is 34.2. The van der Waals surface area contributed by atoms with Crippen LogP contribution >= 0.6 is 0 Å². The van der Waals surface area contributed by atoms with E-state index in [0.717, 1.165) is 30.3 Å². The van der Waals surface area contributed by atoms with Gasteiger partial charge >= 0.3 is 36.4 Å². The maximum absolute atomic E-state index is 12.9. The summed E-state index contributed by atoms with van der Waals surface area (Å²) in [5, 5.41) is -2.14. The lowest BCUT2D eigenvalue weighted by Crippen LogP contribution is -2.29. The van der Waals surface area contributed by atoms with Crippen molar-refractivity contribution in [1.82, 2.24) is 0 Å². The highest BCUT2D eigenvalue weighted by atomic mass is 19.4. The number of halogens is 9. The molecular formula is C20H7F9O6. The lowest BCUT2D eigenvalue weighted by Gasteiger charge is -2.18. The fourth-order valence-electron chi connectivity index (χ4n) is 2.85. The topological polar surface area (TPSA) is 78.9 Å². The van der Waals surface area contributed by atoms with E-state index in [1.807, 2.05) is 0 Å². The van der Waals surface area contributed by atoms with Crippen molar-refractivity contribution < 1.29 is 68.1 Å². The normalized spacial score (nSPS) is 12.5. The Bertz CT molecular complexity index is 1250. The number of hydrogen-bond donors (Lipinski definition) is 0. The number of alkyl halides is 9. The van der Waals surface area contributed by atoms with Crippen LogP contribution in [0.25, 0.3) is 21.5 Å². The lowest BCUT2D eigenvalue weighted by atomic mass is 10.0. The Hall–Kier alpha value is -4.04. The van der Waals surface area contributed by atoms with Crippen molar-refractivity contribution in [3.8, 4) is 17.2 Å². The van der Waals surface area contributed by atoms with Crippen LogP contribution in [0, 0.1) is 0 Å². The first-order valence-electron chi connectivity index (χ1n) is 8.85. The van der Waals surface area contributed by atoms with Crippen LogP contribution in [0.5, 0.6) is 17.2 Å². The molecule has 0 saturated carbocycles. The Labute approximate surface area is 186 Å². The standard InChI is InChI=1S/C20H7F9O6/c21-18(22,23)15(30)33-10-5-1-3-8-7-9-4-2-6-11(34-16(31)19(24,25)26)13(9)14(12(8)10)35-17(32)20(27,28)29/h1-7H. The molecular weight excluding hydrogens is 507 g/mol. The van der Waals surface area contributed by atoms with Gasteiger partial charge in [0.1, 0.15) is 11.5 Å². The van der Waals surface area contributed by atoms with Crippen LogP contribution in [0.3, 0.4) is 0 Å². The molecule has 0 saturated heterocycles. The van der Waals surface area contributed by atoms with Crippen molar-refractivity contribution in [3.63, 3.8) is 0 Å². The zero-order valence-electron chi connectivity index (χ0n) is 16.4. The van der Waals surface area contributed by atoms with Gasteiger partial charge in [-0.3, -0.25) is 0 Å². The quantitative estimate of drug-likeness (QED) is 0.202.